The van der Waals surface area contributed by atoms with E-state index >= 15 is 0 Å². The van der Waals surface area contributed by atoms with Gasteiger partial charge in [-0.2, -0.15) is 0 Å². The summed E-state index contributed by atoms with van der Waals surface area (Å²) in [4.78, 5) is 30.6. The standard InChI is InChI=1S/C28H30N2O8S/c1-35-23-7-6-8-24(36-2)25(23)19-11-9-18(10-12-19)17-22(28(32)37-3)29-27(31)26(30-38-4)20-13-15-21(16-14-20)39(5,33)34/h6-16,22H,17H2,1-5H3,(H,29,31)/t22-/m0/s1. The molecular formula is C28H30N2O8S. The van der Waals surface area contributed by atoms with Gasteiger partial charge in [0.25, 0.3) is 5.91 Å². The van der Waals surface area contributed by atoms with Gasteiger partial charge in [-0.3, -0.25) is 4.79 Å². The minimum atomic E-state index is -3.42. The highest BCUT2D eigenvalue weighted by molar-refractivity contribution is 7.90. The van der Waals surface area contributed by atoms with E-state index in [1.165, 1.54) is 38.5 Å². The molecule has 10 nitrogen and oxygen atoms in total. The molecule has 1 amide bonds. The van der Waals surface area contributed by atoms with Crippen molar-refractivity contribution < 1.29 is 37.1 Å². The Balaban J connectivity index is 1.84. The van der Waals surface area contributed by atoms with Crippen LogP contribution in [-0.4, -0.2) is 66.7 Å². The van der Waals surface area contributed by atoms with Crippen LogP contribution in [0.1, 0.15) is 11.1 Å². The quantitative estimate of drug-likeness (QED) is 0.218. The highest BCUT2D eigenvalue weighted by Gasteiger charge is 2.26. The number of nitrogens with zero attached hydrogens (tertiary/aromatic N) is 1. The second-order valence-corrected chi connectivity index (χ2v) is 10.4. The first-order chi connectivity index (χ1) is 18.6. The Morgan fingerprint density at radius 2 is 1.46 bits per heavy atom. The molecule has 206 valence electrons. The van der Waals surface area contributed by atoms with E-state index in [1.807, 2.05) is 42.5 Å². The molecule has 11 heteroatoms. The number of methoxy groups -OCH3 is 3. The van der Waals surface area contributed by atoms with Crippen LogP contribution < -0.4 is 14.8 Å². The zero-order valence-electron chi connectivity index (χ0n) is 22.3. The summed E-state index contributed by atoms with van der Waals surface area (Å²) in [6, 6.07) is 17.5. The summed E-state index contributed by atoms with van der Waals surface area (Å²) in [6.07, 6.45) is 1.22. The molecule has 1 N–H and O–H groups in total. The van der Waals surface area contributed by atoms with Crippen molar-refractivity contribution in [3.05, 3.63) is 77.9 Å². The molecular weight excluding hydrogens is 524 g/mol. The van der Waals surface area contributed by atoms with E-state index in [9.17, 15) is 18.0 Å². The lowest BCUT2D eigenvalue weighted by molar-refractivity contribution is -0.144. The van der Waals surface area contributed by atoms with Gasteiger partial charge in [-0.15, -0.1) is 0 Å². The maximum absolute atomic E-state index is 13.1. The van der Waals surface area contributed by atoms with Gasteiger partial charge in [0, 0.05) is 18.2 Å². The van der Waals surface area contributed by atoms with E-state index in [0.29, 0.717) is 17.1 Å². The lowest BCUT2D eigenvalue weighted by atomic mass is 9.99. The van der Waals surface area contributed by atoms with E-state index in [0.717, 1.165) is 22.9 Å². The average Bonchev–Trinajstić information content (AvgIpc) is 2.94. The molecule has 0 aliphatic rings. The van der Waals surface area contributed by atoms with Gasteiger partial charge in [-0.25, -0.2) is 13.2 Å². The molecule has 0 aromatic heterocycles. The molecule has 0 bridgehead atoms. The summed E-state index contributed by atoms with van der Waals surface area (Å²) < 4.78 is 39.4. The number of carbonyl (C=O) groups is 2. The maximum atomic E-state index is 13.1. The van der Waals surface area contributed by atoms with Gasteiger partial charge in [0.05, 0.1) is 31.8 Å². The molecule has 0 saturated carbocycles. The molecule has 0 heterocycles. The van der Waals surface area contributed by atoms with Crippen LogP contribution in [0.3, 0.4) is 0 Å². The molecule has 1 atom stereocenters. The van der Waals surface area contributed by atoms with Crippen LogP contribution in [0.4, 0.5) is 0 Å². The Hall–Kier alpha value is -4.38. The maximum Gasteiger partial charge on any atom is 0.328 e. The minimum absolute atomic E-state index is 0.0880. The number of nitrogens with one attached hydrogen (secondary N) is 1. The van der Waals surface area contributed by atoms with Gasteiger partial charge in [-0.1, -0.05) is 47.6 Å². The number of ether oxygens (including phenoxy) is 3. The van der Waals surface area contributed by atoms with Gasteiger partial charge in [-0.05, 0) is 35.4 Å². The summed E-state index contributed by atoms with van der Waals surface area (Å²) in [5, 5.41) is 6.43. The van der Waals surface area contributed by atoms with Crippen LogP contribution in [0, 0.1) is 0 Å². The van der Waals surface area contributed by atoms with E-state index in [2.05, 4.69) is 10.5 Å². The predicted octanol–water partition coefficient (Wildman–Crippen LogP) is 3.03. The third-order valence-corrected chi connectivity index (χ3v) is 6.98. The van der Waals surface area contributed by atoms with E-state index in [-0.39, 0.29) is 17.0 Å². The van der Waals surface area contributed by atoms with Crippen molar-refractivity contribution in [2.75, 3.05) is 34.7 Å². The molecule has 0 fully saturated rings. The van der Waals surface area contributed by atoms with Crippen molar-refractivity contribution >= 4 is 27.4 Å². The first-order valence-corrected chi connectivity index (χ1v) is 13.6. The molecule has 0 radical (unpaired) electrons. The molecule has 3 aromatic rings. The highest BCUT2D eigenvalue weighted by Crippen LogP contribution is 2.38. The lowest BCUT2D eigenvalue weighted by Gasteiger charge is -2.18. The Kier molecular flexibility index (Phi) is 9.67. The first-order valence-electron chi connectivity index (χ1n) is 11.7. The van der Waals surface area contributed by atoms with Gasteiger partial charge >= 0.3 is 5.97 Å². The fourth-order valence-corrected chi connectivity index (χ4v) is 4.55. The number of rotatable bonds is 11. The summed E-state index contributed by atoms with van der Waals surface area (Å²) in [6.45, 7) is 0. The molecule has 0 aliphatic carbocycles. The zero-order valence-corrected chi connectivity index (χ0v) is 23.1. The largest absolute Gasteiger partial charge is 0.496 e. The molecule has 0 spiro atoms. The third-order valence-electron chi connectivity index (χ3n) is 5.85. The number of hydrogen-bond donors (Lipinski definition) is 1. The lowest BCUT2D eigenvalue weighted by Crippen LogP contribution is -2.46. The van der Waals surface area contributed by atoms with Crippen molar-refractivity contribution in [2.24, 2.45) is 5.16 Å². The second-order valence-electron chi connectivity index (χ2n) is 8.41. The van der Waals surface area contributed by atoms with Crippen LogP contribution in [0.25, 0.3) is 11.1 Å². The van der Waals surface area contributed by atoms with Gasteiger partial charge < -0.3 is 24.4 Å². The summed E-state index contributed by atoms with van der Waals surface area (Å²) >= 11 is 0. The van der Waals surface area contributed by atoms with E-state index in [4.69, 9.17) is 19.0 Å². The van der Waals surface area contributed by atoms with Crippen molar-refractivity contribution in [2.45, 2.75) is 17.4 Å². The number of carbonyl (C=O) groups excluding carboxylic acids is 2. The molecule has 0 unspecified atom stereocenters. The Bertz CT molecular complexity index is 1430. The smallest absolute Gasteiger partial charge is 0.328 e. The van der Waals surface area contributed by atoms with Crippen molar-refractivity contribution in [1.82, 2.24) is 5.32 Å². The first kappa shape index (κ1) is 29.2. The molecule has 3 aromatic carbocycles. The molecule has 0 saturated heterocycles. The Labute approximate surface area is 227 Å². The number of hydrogen-bond acceptors (Lipinski definition) is 9. The van der Waals surface area contributed by atoms with Crippen molar-refractivity contribution in [3.63, 3.8) is 0 Å². The molecule has 3 rings (SSSR count). The minimum Gasteiger partial charge on any atom is -0.496 e. The van der Waals surface area contributed by atoms with Crippen LogP contribution in [0.15, 0.2) is 76.8 Å². The van der Waals surface area contributed by atoms with Gasteiger partial charge in [0.2, 0.25) is 0 Å². The van der Waals surface area contributed by atoms with Gasteiger partial charge in [0.15, 0.2) is 15.5 Å². The molecule has 0 aliphatic heterocycles. The number of benzene rings is 3. The van der Waals surface area contributed by atoms with E-state index < -0.39 is 27.8 Å². The van der Waals surface area contributed by atoms with Crippen molar-refractivity contribution in [3.8, 4) is 22.6 Å². The van der Waals surface area contributed by atoms with Crippen LogP contribution >= 0.6 is 0 Å². The van der Waals surface area contributed by atoms with Crippen molar-refractivity contribution in [1.29, 1.82) is 0 Å². The monoisotopic (exact) mass is 554 g/mol. The predicted molar refractivity (Wildman–Crippen MR) is 146 cm³/mol. The summed E-state index contributed by atoms with van der Waals surface area (Å²) in [5.41, 5.74) is 2.56. The SMILES string of the molecule is CON=C(C(=O)N[C@@H](Cc1ccc(-c2c(OC)cccc2OC)cc1)C(=O)OC)c1ccc(S(C)(=O)=O)cc1. The zero-order chi connectivity index (χ0) is 28.6. The fraction of sp³-hybridized carbons (Fsp3) is 0.250. The topological polar surface area (TPSA) is 130 Å². The van der Waals surface area contributed by atoms with Crippen LogP contribution in [0.5, 0.6) is 11.5 Å². The summed E-state index contributed by atoms with van der Waals surface area (Å²) in [7, 11) is 2.24. The van der Waals surface area contributed by atoms with Gasteiger partial charge in [0.1, 0.15) is 24.7 Å². The normalized spacial score (nSPS) is 12.3. The average molecular weight is 555 g/mol. The van der Waals surface area contributed by atoms with Crippen LogP contribution in [-0.2, 0) is 35.4 Å². The number of sulfone groups is 1. The van der Waals surface area contributed by atoms with E-state index in [1.54, 1.807) is 14.2 Å². The fourth-order valence-electron chi connectivity index (χ4n) is 3.92. The Morgan fingerprint density at radius 1 is 0.872 bits per heavy atom. The number of esters is 1. The second kappa shape index (κ2) is 12.9. The summed E-state index contributed by atoms with van der Waals surface area (Å²) in [5.74, 6) is -0.0505. The molecule has 39 heavy (non-hydrogen) atoms. The highest BCUT2D eigenvalue weighted by atomic mass is 32.2. The Morgan fingerprint density at radius 3 is 1.95 bits per heavy atom. The van der Waals surface area contributed by atoms with Crippen LogP contribution in [0.2, 0.25) is 0 Å². The number of oxime groups is 1. The number of amides is 1. The third kappa shape index (κ3) is 7.14.